The summed E-state index contributed by atoms with van der Waals surface area (Å²) in [4.78, 5) is 0. The van der Waals surface area contributed by atoms with Crippen LogP contribution in [0.2, 0.25) is 5.02 Å². The van der Waals surface area contributed by atoms with Gasteiger partial charge in [0.25, 0.3) is 0 Å². The fourth-order valence-electron chi connectivity index (χ4n) is 2.30. The van der Waals surface area contributed by atoms with E-state index >= 15 is 0 Å². The van der Waals surface area contributed by atoms with Crippen LogP contribution < -0.4 is 5.73 Å². The molecular formula is C16H14ClN3. The highest BCUT2D eigenvalue weighted by molar-refractivity contribution is 6.30. The van der Waals surface area contributed by atoms with Gasteiger partial charge in [-0.1, -0.05) is 54.1 Å². The number of rotatable bonds is 2. The number of halogens is 1. The van der Waals surface area contributed by atoms with Crippen LogP contribution in [0.15, 0.2) is 54.6 Å². The quantitative estimate of drug-likeness (QED) is 0.773. The van der Waals surface area contributed by atoms with Gasteiger partial charge in [-0.3, -0.25) is 4.68 Å². The summed E-state index contributed by atoms with van der Waals surface area (Å²) in [6.07, 6.45) is 0. The van der Waals surface area contributed by atoms with Crippen molar-refractivity contribution in [1.82, 2.24) is 9.78 Å². The third-order valence-electron chi connectivity index (χ3n) is 3.25. The van der Waals surface area contributed by atoms with E-state index in [1.807, 2.05) is 66.3 Å². The van der Waals surface area contributed by atoms with Crippen LogP contribution in [0, 0.1) is 0 Å². The number of nitrogen functional groups attached to an aromatic ring is 1. The molecular weight excluding hydrogens is 270 g/mol. The highest BCUT2D eigenvalue weighted by Gasteiger charge is 2.16. The van der Waals surface area contributed by atoms with Crippen molar-refractivity contribution in [3.8, 4) is 22.5 Å². The van der Waals surface area contributed by atoms with Crippen molar-refractivity contribution in [2.75, 3.05) is 5.73 Å². The van der Waals surface area contributed by atoms with Gasteiger partial charge < -0.3 is 5.73 Å². The number of nitrogens with two attached hydrogens (primary N) is 1. The largest absolute Gasteiger partial charge is 0.395 e. The van der Waals surface area contributed by atoms with Crippen LogP contribution >= 0.6 is 11.6 Å². The lowest BCUT2D eigenvalue weighted by atomic mass is 10.1. The van der Waals surface area contributed by atoms with Crippen LogP contribution in [0.5, 0.6) is 0 Å². The molecule has 100 valence electrons. The number of aryl methyl sites for hydroxylation is 1. The Hall–Kier alpha value is -2.26. The van der Waals surface area contributed by atoms with Crippen LogP contribution in [0.1, 0.15) is 0 Å². The SMILES string of the molecule is Cn1nc(-c2ccc(Cl)cc2)c(N)c1-c1ccccc1. The van der Waals surface area contributed by atoms with Gasteiger partial charge in [0.2, 0.25) is 0 Å². The molecule has 2 aromatic carbocycles. The molecule has 4 heteroatoms. The lowest BCUT2D eigenvalue weighted by molar-refractivity contribution is 0.779. The second kappa shape index (κ2) is 5.02. The van der Waals surface area contributed by atoms with Crippen molar-refractivity contribution in [2.45, 2.75) is 0 Å². The summed E-state index contributed by atoms with van der Waals surface area (Å²) in [5.74, 6) is 0. The maximum Gasteiger partial charge on any atom is 0.116 e. The normalized spacial score (nSPS) is 10.7. The Balaban J connectivity index is 2.14. The Labute approximate surface area is 122 Å². The molecule has 0 spiro atoms. The molecule has 1 aromatic heterocycles. The third kappa shape index (κ3) is 2.17. The minimum Gasteiger partial charge on any atom is -0.395 e. The minimum absolute atomic E-state index is 0.682. The zero-order valence-electron chi connectivity index (χ0n) is 11.0. The Morgan fingerprint density at radius 1 is 0.950 bits per heavy atom. The molecule has 0 atom stereocenters. The number of hydrogen-bond donors (Lipinski definition) is 1. The second-order valence-corrected chi connectivity index (χ2v) is 5.04. The topological polar surface area (TPSA) is 43.8 Å². The molecule has 0 aliphatic rings. The number of hydrogen-bond acceptors (Lipinski definition) is 2. The summed E-state index contributed by atoms with van der Waals surface area (Å²) >= 11 is 5.91. The molecule has 0 fully saturated rings. The number of aromatic nitrogens is 2. The molecule has 0 unspecified atom stereocenters. The van der Waals surface area contributed by atoms with E-state index in [1.165, 1.54) is 0 Å². The molecule has 3 rings (SSSR count). The molecule has 0 radical (unpaired) electrons. The molecule has 0 saturated carbocycles. The lowest BCUT2D eigenvalue weighted by Crippen LogP contribution is -1.95. The van der Waals surface area contributed by atoms with Gasteiger partial charge in [-0.05, 0) is 12.1 Å². The summed E-state index contributed by atoms with van der Waals surface area (Å²) in [6.45, 7) is 0. The zero-order chi connectivity index (χ0) is 14.1. The van der Waals surface area contributed by atoms with Gasteiger partial charge in [0.15, 0.2) is 0 Å². The minimum atomic E-state index is 0.682. The summed E-state index contributed by atoms with van der Waals surface area (Å²) in [7, 11) is 1.90. The molecule has 20 heavy (non-hydrogen) atoms. The van der Waals surface area contributed by atoms with Crippen LogP contribution in [-0.2, 0) is 7.05 Å². The maximum absolute atomic E-state index is 6.29. The van der Waals surface area contributed by atoms with Crippen LogP contribution in [-0.4, -0.2) is 9.78 Å². The monoisotopic (exact) mass is 283 g/mol. The fourth-order valence-corrected chi connectivity index (χ4v) is 2.43. The van der Waals surface area contributed by atoms with Crippen molar-refractivity contribution in [3.63, 3.8) is 0 Å². The average Bonchev–Trinajstić information content (AvgIpc) is 2.76. The Morgan fingerprint density at radius 2 is 1.60 bits per heavy atom. The van der Waals surface area contributed by atoms with Gasteiger partial charge in [-0.15, -0.1) is 0 Å². The molecule has 2 N–H and O–H groups in total. The molecule has 0 saturated heterocycles. The average molecular weight is 284 g/mol. The van der Waals surface area contributed by atoms with E-state index in [9.17, 15) is 0 Å². The van der Waals surface area contributed by atoms with Crippen LogP contribution in [0.25, 0.3) is 22.5 Å². The van der Waals surface area contributed by atoms with Crippen LogP contribution in [0.3, 0.4) is 0 Å². The first-order valence-corrected chi connectivity index (χ1v) is 6.68. The smallest absolute Gasteiger partial charge is 0.116 e. The number of nitrogens with zero attached hydrogens (tertiary/aromatic N) is 2. The number of anilines is 1. The van der Waals surface area contributed by atoms with Crippen molar-refractivity contribution < 1.29 is 0 Å². The lowest BCUT2D eigenvalue weighted by Gasteiger charge is -2.03. The fraction of sp³-hybridized carbons (Fsp3) is 0.0625. The third-order valence-corrected chi connectivity index (χ3v) is 3.50. The molecule has 0 aliphatic carbocycles. The van der Waals surface area contributed by atoms with Crippen LogP contribution in [0.4, 0.5) is 5.69 Å². The highest BCUT2D eigenvalue weighted by atomic mass is 35.5. The molecule has 0 aliphatic heterocycles. The van der Waals surface area contributed by atoms with E-state index in [-0.39, 0.29) is 0 Å². The van der Waals surface area contributed by atoms with E-state index in [4.69, 9.17) is 17.3 Å². The maximum atomic E-state index is 6.29. The summed E-state index contributed by atoms with van der Waals surface area (Å²) in [6, 6.07) is 17.5. The van der Waals surface area contributed by atoms with Gasteiger partial charge in [-0.25, -0.2) is 0 Å². The summed E-state index contributed by atoms with van der Waals surface area (Å²) in [5, 5.41) is 5.24. The van der Waals surface area contributed by atoms with E-state index in [0.717, 1.165) is 22.5 Å². The Kier molecular flexibility index (Phi) is 3.20. The predicted octanol–water partition coefficient (Wildman–Crippen LogP) is 3.99. The highest BCUT2D eigenvalue weighted by Crippen LogP contribution is 2.34. The van der Waals surface area contributed by atoms with E-state index in [0.29, 0.717) is 10.7 Å². The van der Waals surface area contributed by atoms with Gasteiger partial charge in [0.1, 0.15) is 5.69 Å². The molecule has 1 heterocycles. The molecule has 3 aromatic rings. The molecule has 0 amide bonds. The van der Waals surface area contributed by atoms with Crippen molar-refractivity contribution in [2.24, 2.45) is 7.05 Å². The van der Waals surface area contributed by atoms with Gasteiger partial charge >= 0.3 is 0 Å². The van der Waals surface area contributed by atoms with E-state index < -0.39 is 0 Å². The van der Waals surface area contributed by atoms with Crippen molar-refractivity contribution in [1.29, 1.82) is 0 Å². The predicted molar refractivity (Wildman–Crippen MR) is 83.5 cm³/mol. The summed E-state index contributed by atoms with van der Waals surface area (Å²) < 4.78 is 1.81. The standard InChI is InChI=1S/C16H14ClN3/c1-20-16(12-5-3-2-4-6-12)14(18)15(19-20)11-7-9-13(17)10-8-11/h2-10H,18H2,1H3. The molecule has 0 bridgehead atoms. The first kappa shape index (κ1) is 12.8. The van der Waals surface area contributed by atoms with E-state index in [1.54, 1.807) is 0 Å². The van der Waals surface area contributed by atoms with Gasteiger partial charge in [0.05, 0.1) is 11.4 Å². The van der Waals surface area contributed by atoms with Gasteiger partial charge in [-0.2, -0.15) is 5.10 Å². The van der Waals surface area contributed by atoms with Gasteiger partial charge in [0, 0.05) is 23.2 Å². The van der Waals surface area contributed by atoms with Crippen molar-refractivity contribution >= 4 is 17.3 Å². The molecule has 3 nitrogen and oxygen atoms in total. The Bertz CT molecular complexity index is 730. The zero-order valence-corrected chi connectivity index (χ0v) is 11.8. The van der Waals surface area contributed by atoms with Crippen molar-refractivity contribution in [3.05, 3.63) is 59.6 Å². The summed E-state index contributed by atoms with van der Waals surface area (Å²) in [5.41, 5.74) is 10.7. The second-order valence-electron chi connectivity index (χ2n) is 4.61. The van der Waals surface area contributed by atoms with E-state index in [2.05, 4.69) is 5.10 Å². The number of benzene rings is 2. The first-order chi connectivity index (χ1) is 9.66. The Morgan fingerprint density at radius 3 is 2.25 bits per heavy atom. The first-order valence-electron chi connectivity index (χ1n) is 6.30.